The first-order chi connectivity index (χ1) is 8.72. The summed E-state index contributed by atoms with van der Waals surface area (Å²) in [6.45, 7) is 3.08. The number of hydrogen-bond donors (Lipinski definition) is 1. The second-order valence-electron chi connectivity index (χ2n) is 4.75. The Balaban J connectivity index is 2.07. The van der Waals surface area contributed by atoms with Crippen LogP contribution in [0.25, 0.3) is 6.08 Å². The molecule has 1 N–H and O–H groups in total. The van der Waals surface area contributed by atoms with Gasteiger partial charge in [-0.1, -0.05) is 11.6 Å². The molecule has 0 saturated heterocycles. The lowest BCUT2D eigenvalue weighted by atomic mass is 10.1. The lowest BCUT2D eigenvalue weighted by molar-refractivity contribution is 0.393. The van der Waals surface area contributed by atoms with E-state index in [2.05, 4.69) is 18.3 Å². The molecule has 0 bridgehead atoms. The number of nitrogens with one attached hydrogen (secondary N) is 1. The van der Waals surface area contributed by atoms with Gasteiger partial charge in [0.05, 0.1) is 14.2 Å². The van der Waals surface area contributed by atoms with Crippen molar-refractivity contribution in [2.45, 2.75) is 25.8 Å². The molecule has 1 aliphatic rings. The molecular weight excluding hydrogens is 226 g/mol. The second-order valence-corrected chi connectivity index (χ2v) is 4.75. The third-order valence-electron chi connectivity index (χ3n) is 3.09. The molecule has 0 aliphatic heterocycles. The molecule has 1 aromatic rings. The van der Waals surface area contributed by atoms with Crippen molar-refractivity contribution in [2.24, 2.45) is 0 Å². The van der Waals surface area contributed by atoms with E-state index in [-0.39, 0.29) is 0 Å². The molecule has 0 amide bonds. The fourth-order valence-corrected chi connectivity index (χ4v) is 1.85. The molecule has 0 heterocycles. The maximum absolute atomic E-state index is 5.38. The zero-order chi connectivity index (χ0) is 13.0. The van der Waals surface area contributed by atoms with Crippen molar-refractivity contribution >= 4 is 6.08 Å². The fraction of sp³-hybridized carbons (Fsp3) is 0.467. The highest BCUT2D eigenvalue weighted by Gasteiger charge is 2.19. The van der Waals surface area contributed by atoms with E-state index in [9.17, 15) is 0 Å². The third-order valence-corrected chi connectivity index (χ3v) is 3.09. The molecule has 0 spiro atoms. The van der Waals surface area contributed by atoms with Gasteiger partial charge in [-0.15, -0.1) is 0 Å². The van der Waals surface area contributed by atoms with Gasteiger partial charge in [-0.2, -0.15) is 0 Å². The average Bonchev–Trinajstić information content (AvgIpc) is 3.21. The van der Waals surface area contributed by atoms with Crippen LogP contribution in [-0.4, -0.2) is 26.8 Å². The van der Waals surface area contributed by atoms with Crippen molar-refractivity contribution in [3.05, 3.63) is 29.3 Å². The van der Waals surface area contributed by atoms with Crippen LogP contribution in [0.3, 0.4) is 0 Å². The van der Waals surface area contributed by atoms with Crippen LogP contribution in [0.15, 0.2) is 23.8 Å². The molecule has 3 nitrogen and oxygen atoms in total. The first-order valence-corrected chi connectivity index (χ1v) is 6.35. The molecule has 3 heteroatoms. The highest BCUT2D eigenvalue weighted by molar-refractivity contribution is 5.61. The van der Waals surface area contributed by atoms with Crippen molar-refractivity contribution < 1.29 is 9.47 Å². The van der Waals surface area contributed by atoms with Gasteiger partial charge in [0.2, 0.25) is 0 Å². The normalized spacial score (nSPS) is 15.6. The van der Waals surface area contributed by atoms with Crippen molar-refractivity contribution in [2.75, 3.05) is 20.8 Å². The molecule has 1 aromatic carbocycles. The van der Waals surface area contributed by atoms with E-state index < -0.39 is 0 Å². The molecule has 1 fully saturated rings. The van der Waals surface area contributed by atoms with Gasteiger partial charge in [0.25, 0.3) is 0 Å². The van der Waals surface area contributed by atoms with Crippen LogP contribution in [0.2, 0.25) is 0 Å². The summed E-state index contributed by atoms with van der Waals surface area (Å²) in [5.74, 6) is 1.66. The van der Waals surface area contributed by atoms with Crippen LogP contribution in [0.1, 0.15) is 25.3 Å². The number of rotatable bonds is 6. The lowest BCUT2D eigenvalue weighted by Gasteiger charge is -2.09. The van der Waals surface area contributed by atoms with E-state index in [1.165, 1.54) is 18.4 Å². The Kier molecular flexibility index (Phi) is 4.26. The first-order valence-electron chi connectivity index (χ1n) is 6.35. The fourth-order valence-electron chi connectivity index (χ4n) is 1.85. The van der Waals surface area contributed by atoms with Crippen LogP contribution in [0, 0.1) is 0 Å². The largest absolute Gasteiger partial charge is 0.497 e. The predicted molar refractivity (Wildman–Crippen MR) is 74.2 cm³/mol. The van der Waals surface area contributed by atoms with Gasteiger partial charge in [0.15, 0.2) is 0 Å². The van der Waals surface area contributed by atoms with E-state index in [0.717, 1.165) is 29.6 Å². The van der Waals surface area contributed by atoms with E-state index in [0.29, 0.717) is 0 Å². The van der Waals surface area contributed by atoms with Gasteiger partial charge in [0.1, 0.15) is 11.5 Å². The van der Waals surface area contributed by atoms with Gasteiger partial charge in [-0.25, -0.2) is 0 Å². The number of methoxy groups -OCH3 is 2. The van der Waals surface area contributed by atoms with Gasteiger partial charge in [-0.05, 0) is 31.9 Å². The molecule has 0 unspecified atom stereocenters. The van der Waals surface area contributed by atoms with Crippen molar-refractivity contribution in [3.63, 3.8) is 0 Å². The molecule has 2 rings (SSSR count). The monoisotopic (exact) mass is 247 g/mol. The minimum Gasteiger partial charge on any atom is -0.497 e. The molecule has 0 atom stereocenters. The standard InChI is InChI=1S/C15H21NO2/c1-11(10-16-13-5-6-13)8-12-4-7-14(17-2)9-15(12)18-3/h4,7-9,13,16H,5-6,10H2,1-3H3. The van der Waals surface area contributed by atoms with Crippen LogP contribution < -0.4 is 14.8 Å². The molecule has 18 heavy (non-hydrogen) atoms. The summed E-state index contributed by atoms with van der Waals surface area (Å²) in [6, 6.07) is 6.63. The smallest absolute Gasteiger partial charge is 0.129 e. The highest BCUT2D eigenvalue weighted by Crippen LogP contribution is 2.26. The second kappa shape index (κ2) is 5.91. The first kappa shape index (κ1) is 13.0. The Labute approximate surface area is 109 Å². The highest BCUT2D eigenvalue weighted by atomic mass is 16.5. The quantitative estimate of drug-likeness (QED) is 0.838. The summed E-state index contributed by atoms with van der Waals surface area (Å²) in [4.78, 5) is 0. The van der Waals surface area contributed by atoms with Crippen LogP contribution in [0.5, 0.6) is 11.5 Å². The number of hydrogen-bond acceptors (Lipinski definition) is 3. The van der Waals surface area contributed by atoms with Gasteiger partial charge in [-0.3, -0.25) is 0 Å². The van der Waals surface area contributed by atoms with E-state index >= 15 is 0 Å². The third kappa shape index (κ3) is 3.50. The Hall–Kier alpha value is -1.48. The summed E-state index contributed by atoms with van der Waals surface area (Å²) in [5.41, 5.74) is 2.40. The van der Waals surface area contributed by atoms with E-state index in [1.807, 2.05) is 18.2 Å². The summed E-state index contributed by atoms with van der Waals surface area (Å²) in [5, 5.41) is 3.50. The maximum Gasteiger partial charge on any atom is 0.129 e. The van der Waals surface area contributed by atoms with Crippen molar-refractivity contribution in [1.82, 2.24) is 5.32 Å². The summed E-state index contributed by atoms with van der Waals surface area (Å²) in [7, 11) is 3.35. The summed E-state index contributed by atoms with van der Waals surface area (Å²) < 4.78 is 10.6. The average molecular weight is 247 g/mol. The summed E-state index contributed by atoms with van der Waals surface area (Å²) >= 11 is 0. The Bertz CT molecular complexity index is 436. The summed E-state index contributed by atoms with van der Waals surface area (Å²) in [6.07, 6.45) is 4.80. The van der Waals surface area contributed by atoms with E-state index in [4.69, 9.17) is 9.47 Å². The molecule has 0 radical (unpaired) electrons. The zero-order valence-electron chi connectivity index (χ0n) is 11.3. The van der Waals surface area contributed by atoms with E-state index in [1.54, 1.807) is 14.2 Å². The molecule has 1 aliphatic carbocycles. The van der Waals surface area contributed by atoms with Crippen LogP contribution in [-0.2, 0) is 0 Å². The molecule has 1 saturated carbocycles. The molecule has 0 aromatic heterocycles. The van der Waals surface area contributed by atoms with Crippen LogP contribution in [0.4, 0.5) is 0 Å². The van der Waals surface area contributed by atoms with Gasteiger partial charge < -0.3 is 14.8 Å². The maximum atomic E-state index is 5.38. The predicted octanol–water partition coefficient (Wildman–Crippen LogP) is 2.86. The van der Waals surface area contributed by atoms with Gasteiger partial charge >= 0.3 is 0 Å². The SMILES string of the molecule is COc1ccc(C=C(C)CNC2CC2)c(OC)c1. The lowest BCUT2D eigenvalue weighted by Crippen LogP contribution is -2.18. The molecular formula is C15H21NO2. The Morgan fingerprint density at radius 2 is 2.11 bits per heavy atom. The molecule has 98 valence electrons. The van der Waals surface area contributed by atoms with Crippen molar-refractivity contribution in [1.29, 1.82) is 0 Å². The number of benzene rings is 1. The minimum atomic E-state index is 0.742. The van der Waals surface area contributed by atoms with Crippen molar-refractivity contribution in [3.8, 4) is 11.5 Å². The van der Waals surface area contributed by atoms with Gasteiger partial charge in [0, 0.05) is 24.2 Å². The Morgan fingerprint density at radius 1 is 1.33 bits per heavy atom. The number of ether oxygens (including phenoxy) is 2. The van der Waals surface area contributed by atoms with Crippen LogP contribution >= 0.6 is 0 Å². The topological polar surface area (TPSA) is 30.5 Å². The minimum absolute atomic E-state index is 0.742. The Morgan fingerprint density at radius 3 is 2.72 bits per heavy atom. The zero-order valence-corrected chi connectivity index (χ0v) is 11.3.